The zero-order chi connectivity index (χ0) is 14.4. The van der Waals surface area contributed by atoms with Gasteiger partial charge in [-0.25, -0.2) is 4.79 Å². The van der Waals surface area contributed by atoms with Crippen molar-refractivity contribution in [3.63, 3.8) is 0 Å². The van der Waals surface area contributed by atoms with Gasteiger partial charge in [0.25, 0.3) is 5.91 Å². The van der Waals surface area contributed by atoms with Gasteiger partial charge in [0, 0.05) is 11.4 Å². The van der Waals surface area contributed by atoms with Crippen LogP contribution in [0.3, 0.4) is 0 Å². The van der Waals surface area contributed by atoms with Crippen LogP contribution in [0.4, 0.5) is 0 Å². The quantitative estimate of drug-likeness (QED) is 0.552. The first-order valence-corrected chi connectivity index (χ1v) is 5.90. The summed E-state index contributed by atoms with van der Waals surface area (Å²) in [6.45, 7) is 0.636. The molecule has 0 aliphatic rings. The van der Waals surface area contributed by atoms with E-state index in [1.807, 2.05) is 10.9 Å². The monoisotopic (exact) mass is 330 g/mol. The number of rotatable bonds is 3. The molecule has 0 heterocycles. The minimum atomic E-state index is -0.850. The van der Waals surface area contributed by atoms with Crippen LogP contribution in [0.5, 0.6) is 5.75 Å². The second-order valence-electron chi connectivity index (χ2n) is 3.47. The van der Waals surface area contributed by atoms with Crippen molar-refractivity contribution in [2.24, 2.45) is 0 Å². The lowest BCUT2D eigenvalue weighted by Gasteiger charge is -2.07. The number of phenolic OH excluding ortho intramolecular Hbond substituents is 1. The molecule has 0 fully saturated rings. The highest BCUT2D eigenvalue weighted by molar-refractivity contribution is 9.10. The van der Waals surface area contributed by atoms with Crippen molar-refractivity contribution in [2.45, 2.75) is 6.92 Å². The van der Waals surface area contributed by atoms with Crippen molar-refractivity contribution in [3.05, 3.63) is 28.2 Å². The number of hydrogen-bond acceptors (Lipinski definition) is 5. The van der Waals surface area contributed by atoms with E-state index in [-0.39, 0.29) is 11.3 Å². The molecule has 0 bridgehead atoms. The minimum Gasteiger partial charge on any atom is -0.507 e. The summed E-state index contributed by atoms with van der Waals surface area (Å²) in [5, 5.41) is 9.47. The number of phenols is 1. The van der Waals surface area contributed by atoms with Gasteiger partial charge in [-0.05, 0) is 18.2 Å². The molecule has 0 spiro atoms. The SMILES string of the molecule is CC(=O)NNC(=O)COC(=O)c1cc(Br)ccc1O. The molecular weight excluding hydrogens is 320 g/mol. The maximum absolute atomic E-state index is 11.6. The number of aromatic hydroxyl groups is 1. The molecule has 1 aromatic rings. The van der Waals surface area contributed by atoms with Gasteiger partial charge in [-0.15, -0.1) is 0 Å². The number of carbonyl (C=O) groups excluding carboxylic acids is 3. The van der Waals surface area contributed by atoms with Crippen LogP contribution in [-0.4, -0.2) is 29.5 Å². The third-order valence-corrected chi connectivity index (χ3v) is 2.38. The van der Waals surface area contributed by atoms with Crippen LogP contribution in [0, 0.1) is 0 Å². The first-order chi connectivity index (χ1) is 8.90. The third kappa shape index (κ3) is 4.96. The number of nitrogens with one attached hydrogen (secondary N) is 2. The molecule has 0 radical (unpaired) electrons. The predicted molar refractivity (Wildman–Crippen MR) is 68.0 cm³/mol. The molecule has 0 aliphatic carbocycles. The van der Waals surface area contributed by atoms with E-state index in [0.717, 1.165) is 0 Å². The Hall–Kier alpha value is -2.09. The fraction of sp³-hybridized carbons (Fsp3) is 0.182. The minimum absolute atomic E-state index is 0.0679. The second kappa shape index (κ2) is 6.74. The standard InChI is InChI=1S/C11H11BrN2O5/c1-6(15)13-14-10(17)5-19-11(18)8-4-7(12)2-3-9(8)16/h2-4,16H,5H2,1H3,(H,13,15)(H,14,17). The number of amides is 2. The van der Waals surface area contributed by atoms with Crippen molar-refractivity contribution in [3.8, 4) is 5.75 Å². The number of benzene rings is 1. The average molecular weight is 331 g/mol. The van der Waals surface area contributed by atoms with E-state index in [9.17, 15) is 19.5 Å². The topological polar surface area (TPSA) is 105 Å². The Morgan fingerprint density at radius 3 is 2.63 bits per heavy atom. The van der Waals surface area contributed by atoms with Crippen LogP contribution in [0.1, 0.15) is 17.3 Å². The summed E-state index contributed by atoms with van der Waals surface area (Å²) in [6.07, 6.45) is 0. The number of hydrazine groups is 1. The maximum atomic E-state index is 11.6. The highest BCUT2D eigenvalue weighted by Crippen LogP contribution is 2.22. The Kier molecular flexibility index (Phi) is 5.31. The number of halogens is 1. The van der Waals surface area contributed by atoms with E-state index in [0.29, 0.717) is 4.47 Å². The molecule has 19 heavy (non-hydrogen) atoms. The highest BCUT2D eigenvalue weighted by atomic mass is 79.9. The van der Waals surface area contributed by atoms with E-state index >= 15 is 0 Å². The summed E-state index contributed by atoms with van der Waals surface area (Å²) in [4.78, 5) is 33.3. The van der Waals surface area contributed by atoms with Gasteiger partial charge in [0.2, 0.25) is 5.91 Å². The van der Waals surface area contributed by atoms with Crippen LogP contribution in [0.25, 0.3) is 0 Å². The first-order valence-electron chi connectivity index (χ1n) is 5.11. The summed E-state index contributed by atoms with van der Waals surface area (Å²) < 4.78 is 5.26. The summed E-state index contributed by atoms with van der Waals surface area (Å²) in [5.74, 6) is -2.26. The van der Waals surface area contributed by atoms with Crippen LogP contribution < -0.4 is 10.9 Å². The van der Waals surface area contributed by atoms with E-state index < -0.39 is 24.4 Å². The molecule has 0 aromatic heterocycles. The lowest BCUT2D eigenvalue weighted by Crippen LogP contribution is -2.42. The fourth-order valence-corrected chi connectivity index (χ4v) is 1.44. The molecule has 3 N–H and O–H groups in total. The summed E-state index contributed by atoms with van der Waals surface area (Å²) in [5.41, 5.74) is 4.00. The molecule has 0 unspecified atom stereocenters. The average Bonchev–Trinajstić information content (AvgIpc) is 2.36. The normalized spacial score (nSPS) is 9.58. The van der Waals surface area contributed by atoms with Gasteiger partial charge in [-0.1, -0.05) is 15.9 Å². The second-order valence-corrected chi connectivity index (χ2v) is 4.38. The molecule has 1 aromatic carbocycles. The molecule has 7 nitrogen and oxygen atoms in total. The van der Waals surface area contributed by atoms with Crippen molar-refractivity contribution in [1.82, 2.24) is 10.9 Å². The Bertz CT molecular complexity index is 518. The van der Waals surface area contributed by atoms with Gasteiger partial charge in [0.15, 0.2) is 6.61 Å². The first kappa shape index (κ1) is 15.0. The maximum Gasteiger partial charge on any atom is 0.342 e. The molecule has 1 rings (SSSR count). The zero-order valence-electron chi connectivity index (χ0n) is 9.90. The molecule has 102 valence electrons. The highest BCUT2D eigenvalue weighted by Gasteiger charge is 2.14. The molecular formula is C11H11BrN2O5. The number of ether oxygens (including phenoxy) is 1. The zero-order valence-corrected chi connectivity index (χ0v) is 11.5. The van der Waals surface area contributed by atoms with Gasteiger partial charge in [0.05, 0.1) is 0 Å². The van der Waals surface area contributed by atoms with E-state index in [1.165, 1.54) is 19.1 Å². The molecule has 2 amide bonds. The molecule has 0 aliphatic heterocycles. The fourth-order valence-electron chi connectivity index (χ4n) is 1.07. The third-order valence-electron chi connectivity index (χ3n) is 1.89. The van der Waals surface area contributed by atoms with Gasteiger partial charge in [-0.3, -0.25) is 20.4 Å². The molecule has 8 heteroatoms. The van der Waals surface area contributed by atoms with E-state index in [4.69, 9.17) is 0 Å². The Morgan fingerprint density at radius 1 is 1.32 bits per heavy atom. The predicted octanol–water partition coefficient (Wildman–Crippen LogP) is 0.479. The van der Waals surface area contributed by atoms with E-state index in [1.54, 1.807) is 6.07 Å². The molecule has 0 saturated heterocycles. The summed E-state index contributed by atoms with van der Waals surface area (Å²) >= 11 is 3.14. The van der Waals surface area contributed by atoms with Crippen LogP contribution in [0.15, 0.2) is 22.7 Å². The van der Waals surface area contributed by atoms with Crippen LogP contribution in [-0.2, 0) is 14.3 Å². The number of esters is 1. The van der Waals surface area contributed by atoms with Gasteiger partial charge >= 0.3 is 5.97 Å². The molecule has 0 saturated carbocycles. The van der Waals surface area contributed by atoms with Crippen molar-refractivity contribution in [2.75, 3.05) is 6.61 Å². The molecule has 0 atom stereocenters. The van der Waals surface area contributed by atoms with Gasteiger partial charge < -0.3 is 9.84 Å². The number of hydrogen-bond donors (Lipinski definition) is 3. The largest absolute Gasteiger partial charge is 0.507 e. The lowest BCUT2D eigenvalue weighted by molar-refractivity contribution is -0.129. The van der Waals surface area contributed by atoms with Crippen LogP contribution in [0.2, 0.25) is 0 Å². The van der Waals surface area contributed by atoms with Crippen molar-refractivity contribution < 1.29 is 24.2 Å². The van der Waals surface area contributed by atoms with Gasteiger partial charge in [-0.2, -0.15) is 0 Å². The Morgan fingerprint density at radius 2 is 2.00 bits per heavy atom. The Labute approximate surface area is 117 Å². The Balaban J connectivity index is 2.53. The summed E-state index contributed by atoms with van der Waals surface area (Å²) in [7, 11) is 0. The van der Waals surface area contributed by atoms with E-state index in [2.05, 4.69) is 20.7 Å². The smallest absolute Gasteiger partial charge is 0.342 e. The lowest BCUT2D eigenvalue weighted by atomic mass is 10.2. The number of carbonyl (C=O) groups is 3. The van der Waals surface area contributed by atoms with Crippen molar-refractivity contribution in [1.29, 1.82) is 0 Å². The van der Waals surface area contributed by atoms with Crippen molar-refractivity contribution >= 4 is 33.7 Å². The van der Waals surface area contributed by atoms with Gasteiger partial charge in [0.1, 0.15) is 11.3 Å². The summed E-state index contributed by atoms with van der Waals surface area (Å²) in [6, 6.07) is 4.23. The van der Waals surface area contributed by atoms with Crippen LogP contribution >= 0.6 is 15.9 Å².